The Morgan fingerprint density at radius 3 is 2.76 bits per heavy atom. The molecular weight excluding hydrogens is 296 g/mol. The summed E-state index contributed by atoms with van der Waals surface area (Å²) in [6.07, 6.45) is -1.29. The molecule has 1 fully saturated rings. The summed E-state index contributed by atoms with van der Waals surface area (Å²) in [6, 6.07) is 4.14. The highest BCUT2D eigenvalue weighted by Gasteiger charge is 2.46. The zero-order valence-corrected chi connectivity index (χ0v) is 12.5. The molecule has 2 rings (SSSR count). The Bertz CT molecular complexity index is 653. The zero-order chi connectivity index (χ0) is 15.7. The van der Waals surface area contributed by atoms with Gasteiger partial charge in [-0.25, -0.2) is 9.59 Å². The molecule has 0 unspecified atom stereocenters. The van der Waals surface area contributed by atoms with Crippen molar-refractivity contribution in [3.05, 3.63) is 28.3 Å². The van der Waals surface area contributed by atoms with E-state index in [4.69, 9.17) is 26.3 Å². The summed E-state index contributed by atoms with van der Waals surface area (Å²) >= 11 is 6.10. The van der Waals surface area contributed by atoms with Gasteiger partial charge in [-0.2, -0.15) is 5.26 Å². The van der Waals surface area contributed by atoms with Crippen molar-refractivity contribution in [2.45, 2.75) is 26.0 Å². The van der Waals surface area contributed by atoms with E-state index in [1.807, 2.05) is 6.07 Å². The summed E-state index contributed by atoms with van der Waals surface area (Å²) in [5.74, 6) is -0.576. The molecule has 0 saturated carbocycles. The average Bonchev–Trinajstić information content (AvgIpc) is 2.75. The van der Waals surface area contributed by atoms with Gasteiger partial charge < -0.3 is 9.47 Å². The first-order valence-electron chi connectivity index (χ1n) is 6.19. The first-order chi connectivity index (χ1) is 9.92. The molecule has 1 aliphatic rings. The predicted octanol–water partition coefficient (Wildman–Crippen LogP) is 2.41. The number of halogens is 1. The normalized spacial score (nSPS) is 20.9. The minimum atomic E-state index is -0.884. The van der Waals surface area contributed by atoms with Crippen LogP contribution >= 0.6 is 11.6 Å². The number of hydrogen-bond donors (Lipinski definition) is 0. The molecule has 0 aliphatic carbocycles. The largest absolute Gasteiger partial charge is 0.467 e. The van der Waals surface area contributed by atoms with Gasteiger partial charge in [-0.1, -0.05) is 11.6 Å². The molecule has 0 radical (unpaired) electrons. The van der Waals surface area contributed by atoms with Crippen LogP contribution in [0.4, 0.5) is 10.5 Å². The summed E-state index contributed by atoms with van der Waals surface area (Å²) in [7, 11) is 1.24. The number of hydrogen-bond acceptors (Lipinski definition) is 5. The second-order valence-electron chi connectivity index (χ2n) is 4.61. The first kappa shape index (κ1) is 15.1. The van der Waals surface area contributed by atoms with Gasteiger partial charge in [0.05, 0.1) is 23.4 Å². The van der Waals surface area contributed by atoms with Crippen molar-refractivity contribution in [3.63, 3.8) is 0 Å². The molecule has 1 amide bonds. The van der Waals surface area contributed by atoms with Crippen LogP contribution in [0.15, 0.2) is 12.1 Å². The van der Waals surface area contributed by atoms with Crippen LogP contribution in [0.25, 0.3) is 0 Å². The Kier molecular flexibility index (Phi) is 4.05. The van der Waals surface area contributed by atoms with Gasteiger partial charge in [-0.3, -0.25) is 4.90 Å². The first-order valence-corrected chi connectivity index (χ1v) is 6.57. The summed E-state index contributed by atoms with van der Waals surface area (Å²) < 4.78 is 9.81. The lowest BCUT2D eigenvalue weighted by atomic mass is 10.1. The lowest BCUT2D eigenvalue weighted by Gasteiger charge is -2.23. The van der Waals surface area contributed by atoms with Gasteiger partial charge in [0.1, 0.15) is 12.2 Å². The fourth-order valence-corrected chi connectivity index (χ4v) is 2.49. The quantitative estimate of drug-likeness (QED) is 0.784. The molecule has 110 valence electrons. The highest BCUT2D eigenvalue weighted by molar-refractivity contribution is 6.33. The summed E-state index contributed by atoms with van der Waals surface area (Å²) in [5, 5.41) is 9.20. The number of carbonyl (C=O) groups excluding carboxylic acids is 2. The van der Waals surface area contributed by atoms with Crippen molar-refractivity contribution in [1.29, 1.82) is 5.26 Å². The molecular formula is C14H13ClN2O4. The smallest absolute Gasteiger partial charge is 0.415 e. The van der Waals surface area contributed by atoms with Crippen LogP contribution in [0, 0.1) is 18.3 Å². The minimum Gasteiger partial charge on any atom is -0.467 e. The van der Waals surface area contributed by atoms with Gasteiger partial charge in [-0.15, -0.1) is 0 Å². The molecule has 0 spiro atoms. The minimum absolute atomic E-state index is 0.242. The van der Waals surface area contributed by atoms with Crippen LogP contribution in [0.5, 0.6) is 0 Å². The average molecular weight is 309 g/mol. The van der Waals surface area contributed by atoms with Crippen molar-refractivity contribution in [2.75, 3.05) is 12.0 Å². The van der Waals surface area contributed by atoms with E-state index in [0.717, 1.165) is 0 Å². The number of ether oxygens (including phenoxy) is 2. The van der Waals surface area contributed by atoms with Crippen molar-refractivity contribution in [1.82, 2.24) is 0 Å². The van der Waals surface area contributed by atoms with E-state index in [2.05, 4.69) is 0 Å². The molecule has 1 aromatic carbocycles. The van der Waals surface area contributed by atoms with E-state index in [1.54, 1.807) is 19.9 Å². The molecule has 1 heterocycles. The standard InChI is InChI=1S/C14H13ClN2O4/c1-7-10(5-4-9(6-16)11(7)15)17-12(13(18)20-3)8(2)21-14(17)19/h4-5,8,12H,1-3H3/t8-,12-/m1/s1. The second-order valence-corrected chi connectivity index (χ2v) is 4.99. The molecule has 1 aliphatic heterocycles. The Morgan fingerprint density at radius 1 is 1.52 bits per heavy atom. The molecule has 0 aromatic heterocycles. The van der Waals surface area contributed by atoms with E-state index in [1.165, 1.54) is 18.1 Å². The second kappa shape index (κ2) is 5.62. The summed E-state index contributed by atoms with van der Waals surface area (Å²) in [6.45, 7) is 3.28. The molecule has 2 atom stereocenters. The number of anilines is 1. The third-order valence-electron chi connectivity index (χ3n) is 3.39. The zero-order valence-electron chi connectivity index (χ0n) is 11.7. The number of methoxy groups -OCH3 is 1. The van der Waals surface area contributed by atoms with Gasteiger partial charge in [0, 0.05) is 0 Å². The maximum Gasteiger partial charge on any atom is 0.415 e. The molecule has 21 heavy (non-hydrogen) atoms. The van der Waals surface area contributed by atoms with Gasteiger partial charge >= 0.3 is 12.1 Å². The van der Waals surface area contributed by atoms with E-state index < -0.39 is 24.2 Å². The third kappa shape index (κ3) is 2.41. The van der Waals surface area contributed by atoms with E-state index in [9.17, 15) is 9.59 Å². The van der Waals surface area contributed by atoms with Gasteiger partial charge in [0.15, 0.2) is 6.04 Å². The number of nitrogens with zero attached hydrogens (tertiary/aromatic N) is 2. The van der Waals surface area contributed by atoms with Crippen molar-refractivity contribution < 1.29 is 19.1 Å². The Hall–Kier alpha value is -2.26. The monoisotopic (exact) mass is 308 g/mol. The topological polar surface area (TPSA) is 79.6 Å². The van der Waals surface area contributed by atoms with Crippen molar-refractivity contribution in [2.24, 2.45) is 0 Å². The van der Waals surface area contributed by atoms with Crippen LogP contribution in [-0.2, 0) is 14.3 Å². The lowest BCUT2D eigenvalue weighted by Crippen LogP contribution is -2.43. The van der Waals surface area contributed by atoms with Crippen LogP contribution in [0.2, 0.25) is 5.02 Å². The SMILES string of the molecule is COC(=O)[C@H]1[C@@H](C)OC(=O)N1c1ccc(C#N)c(Cl)c1C. The number of nitriles is 1. The molecule has 0 bridgehead atoms. The summed E-state index contributed by atoms with van der Waals surface area (Å²) in [4.78, 5) is 25.1. The maximum atomic E-state index is 12.0. The number of carbonyl (C=O) groups is 2. The maximum absolute atomic E-state index is 12.0. The molecule has 1 aromatic rings. The highest BCUT2D eigenvalue weighted by atomic mass is 35.5. The van der Waals surface area contributed by atoms with Crippen LogP contribution in [-0.4, -0.2) is 31.3 Å². The number of amides is 1. The van der Waals surface area contributed by atoms with Crippen LogP contribution in [0.1, 0.15) is 18.1 Å². The fourth-order valence-electron chi connectivity index (χ4n) is 2.29. The van der Waals surface area contributed by atoms with E-state index in [0.29, 0.717) is 16.8 Å². The number of esters is 1. The molecule has 6 nitrogen and oxygen atoms in total. The molecule has 7 heteroatoms. The Morgan fingerprint density at radius 2 is 2.19 bits per heavy atom. The van der Waals surface area contributed by atoms with Crippen molar-refractivity contribution >= 4 is 29.4 Å². The molecule has 1 saturated heterocycles. The van der Waals surface area contributed by atoms with Gasteiger partial charge in [0.2, 0.25) is 0 Å². The third-order valence-corrected chi connectivity index (χ3v) is 3.87. The van der Waals surface area contributed by atoms with E-state index in [-0.39, 0.29) is 5.02 Å². The highest BCUT2D eigenvalue weighted by Crippen LogP contribution is 2.34. The van der Waals surface area contributed by atoms with Crippen LogP contribution in [0.3, 0.4) is 0 Å². The summed E-state index contributed by atoms with van der Waals surface area (Å²) in [5.41, 5.74) is 1.24. The van der Waals surface area contributed by atoms with Gasteiger partial charge in [0.25, 0.3) is 0 Å². The molecule has 0 N–H and O–H groups in total. The number of rotatable bonds is 2. The lowest BCUT2D eigenvalue weighted by molar-refractivity contribution is -0.143. The Labute approximate surface area is 126 Å². The predicted molar refractivity (Wildman–Crippen MR) is 75.1 cm³/mol. The van der Waals surface area contributed by atoms with E-state index >= 15 is 0 Å². The fraction of sp³-hybridized carbons (Fsp3) is 0.357. The van der Waals surface area contributed by atoms with Crippen LogP contribution < -0.4 is 4.90 Å². The Balaban J connectivity index is 2.54. The number of cyclic esters (lactones) is 1. The van der Waals surface area contributed by atoms with Gasteiger partial charge in [-0.05, 0) is 31.5 Å². The number of benzene rings is 1. The van der Waals surface area contributed by atoms with Crippen molar-refractivity contribution in [3.8, 4) is 6.07 Å².